The summed E-state index contributed by atoms with van der Waals surface area (Å²) in [5.74, 6) is -0.118. The molecule has 118 valence electrons. The number of primary amides is 1. The number of carbonyl (C=O) groups excluding carboxylic acids is 1. The molecule has 3 aliphatic rings. The summed E-state index contributed by atoms with van der Waals surface area (Å²) in [6.45, 7) is 1.13. The summed E-state index contributed by atoms with van der Waals surface area (Å²) in [4.78, 5) is 16.2. The van der Waals surface area contributed by atoms with Crippen molar-refractivity contribution in [3.63, 3.8) is 0 Å². The average Bonchev–Trinajstić information content (AvgIpc) is 2.42. The van der Waals surface area contributed by atoms with Crippen molar-refractivity contribution >= 4 is 5.91 Å². The molecule has 2 saturated carbocycles. The standard InChI is InChI=1S/C16H21N3O3/c17-10-4-16(5-10)6-11(7-16)22-15-12(14(18)20)3-9-8-21-2-1-13(9)19-15/h3,10-11H,1-2,4-8,17H2,(H2,18,20). The van der Waals surface area contributed by atoms with Gasteiger partial charge < -0.3 is 20.9 Å². The van der Waals surface area contributed by atoms with E-state index >= 15 is 0 Å². The Kier molecular flexibility index (Phi) is 3.13. The summed E-state index contributed by atoms with van der Waals surface area (Å²) < 4.78 is 11.4. The van der Waals surface area contributed by atoms with Crippen molar-refractivity contribution < 1.29 is 14.3 Å². The van der Waals surface area contributed by atoms with E-state index < -0.39 is 5.91 Å². The van der Waals surface area contributed by atoms with E-state index in [1.54, 1.807) is 6.07 Å². The predicted molar refractivity (Wildman–Crippen MR) is 79.4 cm³/mol. The Bertz CT molecular complexity index is 617. The van der Waals surface area contributed by atoms with Gasteiger partial charge in [0.25, 0.3) is 5.91 Å². The van der Waals surface area contributed by atoms with E-state index in [2.05, 4.69) is 4.98 Å². The largest absolute Gasteiger partial charge is 0.474 e. The van der Waals surface area contributed by atoms with Gasteiger partial charge in [-0.05, 0) is 37.2 Å². The Labute approximate surface area is 129 Å². The fraction of sp³-hybridized carbons (Fsp3) is 0.625. The van der Waals surface area contributed by atoms with Gasteiger partial charge in [-0.1, -0.05) is 0 Å². The molecule has 2 fully saturated rings. The Morgan fingerprint density at radius 2 is 2.14 bits per heavy atom. The van der Waals surface area contributed by atoms with Crippen molar-refractivity contribution in [1.29, 1.82) is 0 Å². The topological polar surface area (TPSA) is 100 Å². The van der Waals surface area contributed by atoms with Crippen LogP contribution in [0.15, 0.2) is 6.07 Å². The first-order valence-electron chi connectivity index (χ1n) is 7.87. The lowest BCUT2D eigenvalue weighted by atomic mass is 9.53. The van der Waals surface area contributed by atoms with Gasteiger partial charge in [0.2, 0.25) is 5.88 Å². The van der Waals surface area contributed by atoms with Crippen molar-refractivity contribution in [1.82, 2.24) is 4.98 Å². The number of ether oxygens (including phenoxy) is 2. The van der Waals surface area contributed by atoms with Crippen LogP contribution in [0.1, 0.15) is 47.3 Å². The van der Waals surface area contributed by atoms with Crippen LogP contribution in [0.25, 0.3) is 0 Å². The maximum absolute atomic E-state index is 11.7. The molecule has 4 N–H and O–H groups in total. The highest BCUT2D eigenvalue weighted by atomic mass is 16.5. The van der Waals surface area contributed by atoms with Gasteiger partial charge in [-0.2, -0.15) is 0 Å². The fourth-order valence-corrected chi connectivity index (χ4v) is 4.07. The zero-order valence-electron chi connectivity index (χ0n) is 12.5. The van der Waals surface area contributed by atoms with Crippen LogP contribution in [0.4, 0.5) is 0 Å². The van der Waals surface area contributed by atoms with Gasteiger partial charge in [0.05, 0.1) is 18.9 Å². The predicted octanol–water partition coefficient (Wildman–Crippen LogP) is 0.902. The van der Waals surface area contributed by atoms with Crippen LogP contribution in [0.3, 0.4) is 0 Å². The molecule has 1 spiro atoms. The first-order valence-corrected chi connectivity index (χ1v) is 7.87. The molecule has 2 aliphatic carbocycles. The minimum absolute atomic E-state index is 0.121. The molecule has 0 bridgehead atoms. The van der Waals surface area contributed by atoms with E-state index in [1.807, 2.05) is 0 Å². The number of aromatic nitrogens is 1. The van der Waals surface area contributed by atoms with Crippen molar-refractivity contribution in [2.45, 2.75) is 50.9 Å². The first-order chi connectivity index (χ1) is 10.5. The number of hydrogen-bond acceptors (Lipinski definition) is 5. The third-order valence-corrected chi connectivity index (χ3v) is 5.15. The summed E-state index contributed by atoms with van der Waals surface area (Å²) in [6.07, 6.45) is 5.04. The van der Waals surface area contributed by atoms with Crippen LogP contribution in [0.2, 0.25) is 0 Å². The van der Waals surface area contributed by atoms with Gasteiger partial charge in [-0.3, -0.25) is 4.79 Å². The van der Waals surface area contributed by atoms with E-state index in [-0.39, 0.29) is 6.10 Å². The molecule has 1 amide bonds. The molecule has 1 aromatic heterocycles. The number of amides is 1. The normalized spacial score (nSPS) is 32.8. The molecule has 0 radical (unpaired) electrons. The maximum atomic E-state index is 11.7. The Balaban J connectivity index is 1.52. The van der Waals surface area contributed by atoms with E-state index in [9.17, 15) is 4.79 Å². The van der Waals surface area contributed by atoms with Crippen molar-refractivity contribution in [2.24, 2.45) is 16.9 Å². The second-order valence-electron chi connectivity index (χ2n) is 6.93. The second kappa shape index (κ2) is 4.93. The lowest BCUT2D eigenvalue weighted by Crippen LogP contribution is -2.56. The molecule has 22 heavy (non-hydrogen) atoms. The maximum Gasteiger partial charge on any atom is 0.254 e. The van der Waals surface area contributed by atoms with Crippen molar-refractivity contribution in [3.8, 4) is 5.88 Å². The molecular formula is C16H21N3O3. The van der Waals surface area contributed by atoms with Gasteiger partial charge in [0.15, 0.2) is 0 Å². The van der Waals surface area contributed by atoms with E-state index in [0.29, 0.717) is 36.1 Å². The van der Waals surface area contributed by atoms with Crippen LogP contribution in [0.5, 0.6) is 5.88 Å². The number of nitrogens with two attached hydrogens (primary N) is 2. The highest BCUT2D eigenvalue weighted by molar-refractivity contribution is 5.95. The molecule has 1 aliphatic heterocycles. The van der Waals surface area contributed by atoms with Gasteiger partial charge in [0, 0.05) is 18.0 Å². The van der Waals surface area contributed by atoms with E-state index in [1.165, 1.54) is 0 Å². The second-order valence-corrected chi connectivity index (χ2v) is 6.93. The molecule has 0 saturated heterocycles. The number of carbonyl (C=O) groups is 1. The molecule has 0 unspecified atom stereocenters. The van der Waals surface area contributed by atoms with Gasteiger partial charge >= 0.3 is 0 Å². The zero-order valence-corrected chi connectivity index (χ0v) is 12.5. The number of fused-ring (bicyclic) bond motifs is 1. The highest BCUT2D eigenvalue weighted by Crippen LogP contribution is 2.56. The molecule has 0 atom stereocenters. The van der Waals surface area contributed by atoms with Crippen LogP contribution in [-0.4, -0.2) is 29.6 Å². The Morgan fingerprint density at radius 1 is 1.36 bits per heavy atom. The molecule has 1 aromatic rings. The molecule has 4 rings (SSSR count). The quantitative estimate of drug-likeness (QED) is 0.864. The zero-order chi connectivity index (χ0) is 15.3. The molecule has 0 aromatic carbocycles. The lowest BCUT2D eigenvalue weighted by molar-refractivity contribution is -0.0798. The summed E-state index contributed by atoms with van der Waals surface area (Å²) >= 11 is 0. The highest BCUT2D eigenvalue weighted by Gasteiger charge is 2.53. The lowest BCUT2D eigenvalue weighted by Gasteiger charge is -2.56. The Hall–Kier alpha value is -1.66. The average molecular weight is 303 g/mol. The minimum atomic E-state index is -0.504. The van der Waals surface area contributed by atoms with Crippen LogP contribution in [-0.2, 0) is 17.8 Å². The smallest absolute Gasteiger partial charge is 0.254 e. The van der Waals surface area contributed by atoms with Crippen molar-refractivity contribution in [3.05, 3.63) is 22.9 Å². The van der Waals surface area contributed by atoms with Crippen LogP contribution < -0.4 is 16.2 Å². The summed E-state index contributed by atoms with van der Waals surface area (Å²) in [5.41, 5.74) is 14.0. The van der Waals surface area contributed by atoms with Crippen LogP contribution >= 0.6 is 0 Å². The summed E-state index contributed by atoms with van der Waals surface area (Å²) in [6, 6.07) is 2.12. The van der Waals surface area contributed by atoms with Crippen molar-refractivity contribution in [2.75, 3.05) is 6.61 Å². The monoisotopic (exact) mass is 303 g/mol. The SMILES string of the molecule is NC(=O)c1cc2c(nc1OC1CC3(CC(N)C3)C1)CCOC2. The van der Waals surface area contributed by atoms with Crippen LogP contribution in [0, 0.1) is 5.41 Å². The number of nitrogens with zero attached hydrogens (tertiary/aromatic N) is 1. The molecule has 6 nitrogen and oxygen atoms in total. The summed E-state index contributed by atoms with van der Waals surface area (Å²) in [7, 11) is 0. The van der Waals surface area contributed by atoms with Gasteiger partial charge in [-0.25, -0.2) is 4.98 Å². The molecule has 2 heterocycles. The molecular weight excluding hydrogens is 282 g/mol. The third kappa shape index (κ3) is 2.27. The van der Waals surface area contributed by atoms with Gasteiger partial charge in [-0.15, -0.1) is 0 Å². The van der Waals surface area contributed by atoms with Gasteiger partial charge in [0.1, 0.15) is 11.7 Å². The van der Waals surface area contributed by atoms with E-state index in [0.717, 1.165) is 43.4 Å². The first kappa shape index (κ1) is 14.0. The summed E-state index contributed by atoms with van der Waals surface area (Å²) in [5, 5.41) is 0. The third-order valence-electron chi connectivity index (χ3n) is 5.15. The Morgan fingerprint density at radius 3 is 2.82 bits per heavy atom. The molecule has 6 heteroatoms. The fourth-order valence-electron chi connectivity index (χ4n) is 4.07. The van der Waals surface area contributed by atoms with E-state index in [4.69, 9.17) is 20.9 Å². The minimum Gasteiger partial charge on any atom is -0.474 e. The number of pyridine rings is 1. The number of hydrogen-bond donors (Lipinski definition) is 2. The number of rotatable bonds is 3.